The van der Waals surface area contributed by atoms with Gasteiger partial charge in [-0.3, -0.25) is 9.13 Å². The van der Waals surface area contributed by atoms with E-state index in [1.54, 1.807) is 0 Å². The van der Waals surface area contributed by atoms with E-state index in [1.807, 2.05) is 12.1 Å². The van der Waals surface area contributed by atoms with Crippen LogP contribution in [-0.2, 0) is 5.41 Å². The van der Waals surface area contributed by atoms with Gasteiger partial charge in [0.25, 0.3) is 6.33 Å². The molecular weight excluding hydrogens is 368 g/mol. The van der Waals surface area contributed by atoms with Crippen LogP contribution in [-0.4, -0.2) is 4.57 Å². The zero-order valence-electron chi connectivity index (χ0n) is 17.3. The van der Waals surface area contributed by atoms with Crippen LogP contribution in [0.3, 0.4) is 0 Å². The van der Waals surface area contributed by atoms with Crippen molar-refractivity contribution in [3.05, 3.63) is 90.8 Å². The molecule has 1 aliphatic rings. The van der Waals surface area contributed by atoms with E-state index in [-0.39, 0.29) is 5.41 Å². The summed E-state index contributed by atoms with van der Waals surface area (Å²) in [5.74, 6) is 1.72. The van der Waals surface area contributed by atoms with E-state index in [0.29, 0.717) is 0 Å². The van der Waals surface area contributed by atoms with Gasteiger partial charge < -0.3 is 4.74 Å². The van der Waals surface area contributed by atoms with Gasteiger partial charge in [-0.05, 0) is 52.1 Å². The Morgan fingerprint density at radius 1 is 0.800 bits per heavy atom. The van der Waals surface area contributed by atoms with Gasteiger partial charge in [-0.15, -0.1) is 0 Å². The predicted molar refractivity (Wildman–Crippen MR) is 120 cm³/mol. The molecular formula is C27H22N2O. The minimum Gasteiger partial charge on any atom is -0.465 e. The first-order valence-corrected chi connectivity index (χ1v) is 10.3. The molecule has 0 radical (unpaired) electrons. The number of ether oxygens (including phenoxy) is 1. The normalized spacial score (nSPS) is 12.8. The summed E-state index contributed by atoms with van der Waals surface area (Å²) in [6, 6.07) is 27.6. The molecule has 0 atom stereocenters. The number of hydrogen-bond donors (Lipinski definition) is 0. The largest absolute Gasteiger partial charge is 0.465 e. The Morgan fingerprint density at radius 3 is 2.27 bits per heavy atom. The highest BCUT2D eigenvalue weighted by Crippen LogP contribution is 2.38. The molecule has 0 aliphatic carbocycles. The topological polar surface area (TPSA) is 18.0 Å². The van der Waals surface area contributed by atoms with Crippen LogP contribution in [0.15, 0.2) is 78.9 Å². The van der Waals surface area contributed by atoms with Crippen LogP contribution < -0.4 is 9.30 Å². The fourth-order valence-corrected chi connectivity index (χ4v) is 4.27. The lowest BCUT2D eigenvalue weighted by Crippen LogP contribution is -2.32. The third-order valence-corrected chi connectivity index (χ3v) is 5.92. The summed E-state index contributed by atoms with van der Waals surface area (Å²) >= 11 is 0. The summed E-state index contributed by atoms with van der Waals surface area (Å²) in [7, 11) is 0. The monoisotopic (exact) mass is 390 g/mol. The Labute approximate surface area is 175 Å². The second-order valence-electron chi connectivity index (χ2n) is 8.96. The summed E-state index contributed by atoms with van der Waals surface area (Å²) < 4.78 is 10.6. The average molecular weight is 390 g/mol. The lowest BCUT2D eigenvalue weighted by molar-refractivity contribution is -0.575. The van der Waals surface area contributed by atoms with Gasteiger partial charge in [0, 0.05) is 0 Å². The maximum absolute atomic E-state index is 6.32. The van der Waals surface area contributed by atoms with Crippen LogP contribution in [0.2, 0.25) is 0 Å². The van der Waals surface area contributed by atoms with Gasteiger partial charge in [0.2, 0.25) is 0 Å². The molecule has 0 spiro atoms. The molecule has 2 heterocycles. The van der Waals surface area contributed by atoms with E-state index >= 15 is 0 Å². The molecule has 6 rings (SSSR count). The molecule has 0 fully saturated rings. The number of aromatic nitrogens is 2. The van der Waals surface area contributed by atoms with E-state index < -0.39 is 0 Å². The number of imidazole rings is 1. The fraction of sp³-hybridized carbons (Fsp3) is 0.148. The van der Waals surface area contributed by atoms with Crippen LogP contribution in [0.5, 0.6) is 11.5 Å². The Morgan fingerprint density at radius 2 is 1.53 bits per heavy atom. The van der Waals surface area contributed by atoms with E-state index in [1.165, 1.54) is 16.3 Å². The number of nitrogens with zero attached hydrogens (tertiary/aromatic N) is 2. The van der Waals surface area contributed by atoms with Gasteiger partial charge in [0.05, 0.1) is 11.2 Å². The van der Waals surface area contributed by atoms with E-state index in [0.717, 1.165) is 33.9 Å². The van der Waals surface area contributed by atoms with Gasteiger partial charge in [-0.25, -0.2) is 0 Å². The molecule has 4 aromatic carbocycles. The van der Waals surface area contributed by atoms with Crippen molar-refractivity contribution < 1.29 is 9.30 Å². The van der Waals surface area contributed by atoms with Crippen LogP contribution in [0.25, 0.3) is 33.2 Å². The maximum Gasteiger partial charge on any atom is 0.270 e. The number of para-hydroxylation sites is 1. The number of benzene rings is 4. The average Bonchev–Trinajstić information content (AvgIpc) is 3.13. The molecule has 0 saturated carbocycles. The quantitative estimate of drug-likeness (QED) is 0.239. The van der Waals surface area contributed by atoms with Crippen molar-refractivity contribution in [3.63, 3.8) is 0 Å². The van der Waals surface area contributed by atoms with E-state index in [4.69, 9.17) is 4.74 Å². The zero-order chi connectivity index (χ0) is 20.5. The van der Waals surface area contributed by atoms with Gasteiger partial charge in [0.1, 0.15) is 22.7 Å². The first-order chi connectivity index (χ1) is 14.5. The van der Waals surface area contributed by atoms with E-state index in [9.17, 15) is 0 Å². The first-order valence-electron chi connectivity index (χ1n) is 10.3. The Bertz CT molecular complexity index is 1440. The molecule has 5 aromatic rings. The van der Waals surface area contributed by atoms with Crippen LogP contribution in [0.4, 0.5) is 0 Å². The lowest BCUT2D eigenvalue weighted by atomic mass is 9.87. The molecule has 1 aromatic heterocycles. The second-order valence-corrected chi connectivity index (χ2v) is 8.96. The SMILES string of the molecule is CC(C)(C)c1ccc(-n2[c-][n+]3c4c(cccc42)Oc2cc4ccccc4cc2-3)cc1. The van der Waals surface area contributed by atoms with Crippen molar-refractivity contribution in [1.29, 1.82) is 0 Å². The van der Waals surface area contributed by atoms with Crippen molar-refractivity contribution in [2.75, 3.05) is 0 Å². The zero-order valence-corrected chi connectivity index (χ0v) is 17.3. The summed E-state index contributed by atoms with van der Waals surface area (Å²) in [5, 5.41) is 2.36. The van der Waals surface area contributed by atoms with Gasteiger partial charge in [-0.2, -0.15) is 0 Å². The molecule has 0 bridgehead atoms. The number of rotatable bonds is 1. The third-order valence-electron chi connectivity index (χ3n) is 5.92. The molecule has 30 heavy (non-hydrogen) atoms. The van der Waals surface area contributed by atoms with Crippen molar-refractivity contribution >= 4 is 21.8 Å². The number of hydrogen-bond acceptors (Lipinski definition) is 1. The van der Waals surface area contributed by atoms with Gasteiger partial charge in [0.15, 0.2) is 0 Å². The summed E-state index contributed by atoms with van der Waals surface area (Å²) in [4.78, 5) is 0. The van der Waals surface area contributed by atoms with Crippen molar-refractivity contribution in [2.45, 2.75) is 26.2 Å². The molecule has 146 valence electrons. The van der Waals surface area contributed by atoms with Crippen molar-refractivity contribution in [3.8, 4) is 22.9 Å². The summed E-state index contributed by atoms with van der Waals surface area (Å²) in [5.41, 5.74) is 5.68. The minimum absolute atomic E-state index is 0.130. The highest BCUT2D eigenvalue weighted by Gasteiger charge is 2.24. The molecule has 0 saturated heterocycles. The van der Waals surface area contributed by atoms with Crippen molar-refractivity contribution in [1.82, 2.24) is 4.57 Å². The van der Waals surface area contributed by atoms with E-state index in [2.05, 4.69) is 103 Å². The first kappa shape index (κ1) is 17.3. The highest BCUT2D eigenvalue weighted by molar-refractivity contribution is 5.88. The molecule has 0 amide bonds. The maximum atomic E-state index is 6.32. The fourth-order valence-electron chi connectivity index (χ4n) is 4.27. The molecule has 0 N–H and O–H groups in total. The summed E-state index contributed by atoms with van der Waals surface area (Å²) in [6.07, 6.45) is 3.58. The number of fused-ring (bicyclic) bond motifs is 3. The predicted octanol–water partition coefficient (Wildman–Crippen LogP) is 6.26. The van der Waals surface area contributed by atoms with Crippen molar-refractivity contribution in [2.24, 2.45) is 0 Å². The van der Waals surface area contributed by atoms with Crippen LogP contribution in [0, 0.1) is 6.33 Å². The lowest BCUT2D eigenvalue weighted by Gasteiger charge is -2.20. The third kappa shape index (κ3) is 2.48. The molecule has 3 heteroatoms. The molecule has 0 unspecified atom stereocenters. The Kier molecular flexibility index (Phi) is 3.43. The van der Waals surface area contributed by atoms with Gasteiger partial charge in [-0.1, -0.05) is 69.3 Å². The standard InChI is InChI=1S/C27H22N2O/c1-27(2,3)20-11-13-21(14-12-20)28-17-29-23-15-18-7-4-5-8-19(18)16-25(23)30-24-10-6-9-22(28)26(24)29/h4-16H,1-3H3. The minimum atomic E-state index is 0.130. The van der Waals surface area contributed by atoms with Crippen LogP contribution >= 0.6 is 0 Å². The van der Waals surface area contributed by atoms with Gasteiger partial charge >= 0.3 is 0 Å². The smallest absolute Gasteiger partial charge is 0.270 e. The molecule has 1 aliphatic heterocycles. The second kappa shape index (κ2) is 5.96. The molecule has 3 nitrogen and oxygen atoms in total. The van der Waals surface area contributed by atoms with Crippen LogP contribution in [0.1, 0.15) is 26.3 Å². The Hall–Kier alpha value is -3.59. The Balaban J connectivity index is 1.59. The highest BCUT2D eigenvalue weighted by atomic mass is 16.5. The summed E-state index contributed by atoms with van der Waals surface area (Å²) in [6.45, 7) is 6.71.